The molecule has 2 N–H and O–H groups in total. The van der Waals surface area contributed by atoms with Crippen molar-refractivity contribution in [1.82, 2.24) is 30.4 Å². The maximum atomic E-state index is 11.6. The molecule has 4 aromatic heterocycles. The van der Waals surface area contributed by atoms with Crippen molar-refractivity contribution < 1.29 is 19.5 Å². The molecular weight excluding hydrogens is 556 g/mol. The molecule has 0 bridgehead atoms. The fourth-order valence-corrected chi connectivity index (χ4v) is 5.66. The number of ether oxygens (including phenoxy) is 2. The van der Waals surface area contributed by atoms with E-state index in [0.717, 1.165) is 45.1 Å². The molecule has 0 aliphatic carbocycles. The summed E-state index contributed by atoms with van der Waals surface area (Å²) in [4.78, 5) is 39.7. The second-order valence-electron chi connectivity index (χ2n) is 9.63. The number of benzene rings is 1. The van der Waals surface area contributed by atoms with E-state index in [9.17, 15) is 4.79 Å². The second-order valence-corrected chi connectivity index (χ2v) is 10.8. The van der Waals surface area contributed by atoms with Crippen LogP contribution in [0.2, 0.25) is 0 Å². The van der Waals surface area contributed by atoms with E-state index in [-0.39, 0.29) is 5.56 Å². The van der Waals surface area contributed by atoms with Gasteiger partial charge in [0, 0.05) is 55.2 Å². The molecule has 5 heterocycles. The summed E-state index contributed by atoms with van der Waals surface area (Å²) in [5.74, 6) is 1.78. The summed E-state index contributed by atoms with van der Waals surface area (Å²) < 4.78 is 12.4. The summed E-state index contributed by atoms with van der Waals surface area (Å²) in [6, 6.07) is 15.8. The Kier molecular flexibility index (Phi) is 8.12. The minimum atomic E-state index is -0.664. The van der Waals surface area contributed by atoms with Gasteiger partial charge >= 0.3 is 0 Å². The Morgan fingerprint density at radius 1 is 1.07 bits per heavy atom. The van der Waals surface area contributed by atoms with Gasteiger partial charge in [-0.05, 0) is 17.7 Å². The molecule has 1 fully saturated rings. The van der Waals surface area contributed by atoms with Crippen molar-refractivity contribution in [2.45, 2.75) is 13.2 Å². The van der Waals surface area contributed by atoms with Crippen molar-refractivity contribution in [2.24, 2.45) is 0 Å². The summed E-state index contributed by atoms with van der Waals surface area (Å²) in [5, 5.41) is 8.82. The van der Waals surface area contributed by atoms with Gasteiger partial charge in [-0.2, -0.15) is 0 Å². The van der Waals surface area contributed by atoms with Crippen LogP contribution in [-0.4, -0.2) is 69.4 Å². The van der Waals surface area contributed by atoms with Crippen molar-refractivity contribution in [3.8, 4) is 17.3 Å². The number of fused-ring (bicyclic) bond motifs is 1. The third kappa shape index (κ3) is 6.12. The third-order valence-corrected chi connectivity index (χ3v) is 7.78. The maximum Gasteiger partial charge on any atom is 0.277 e. The van der Waals surface area contributed by atoms with Gasteiger partial charge in [-0.15, -0.1) is 11.3 Å². The highest BCUT2D eigenvalue weighted by Crippen LogP contribution is 2.35. The molecule has 0 radical (unpaired) electrons. The van der Waals surface area contributed by atoms with E-state index in [1.165, 1.54) is 12.4 Å². The molecule has 0 unspecified atom stereocenters. The molecule has 0 saturated carbocycles. The number of carbonyl (C=O) groups is 1. The first-order valence-electron chi connectivity index (χ1n) is 13.3. The summed E-state index contributed by atoms with van der Waals surface area (Å²) in [5.41, 5.74) is 4.46. The lowest BCUT2D eigenvalue weighted by molar-refractivity contribution is 0.0705. The number of aromatic nitrogens is 5. The molecule has 13 heteroatoms. The van der Waals surface area contributed by atoms with Crippen LogP contribution in [0, 0.1) is 0 Å². The molecule has 1 aliphatic rings. The number of pyridine rings is 1. The Morgan fingerprint density at radius 3 is 2.57 bits per heavy atom. The summed E-state index contributed by atoms with van der Waals surface area (Å²) in [6.45, 7) is 3.72. The van der Waals surface area contributed by atoms with E-state index in [4.69, 9.17) is 24.6 Å². The minimum Gasteiger partial charge on any atom is -0.473 e. The first-order chi connectivity index (χ1) is 20.6. The lowest BCUT2D eigenvalue weighted by atomic mass is 10.2. The number of hydroxylamine groups is 1. The van der Waals surface area contributed by atoms with Gasteiger partial charge in [0.2, 0.25) is 11.8 Å². The van der Waals surface area contributed by atoms with Crippen LogP contribution in [0.4, 0.5) is 11.8 Å². The standard InChI is InChI=1S/C29H28N8O4S/c1-36(29-31-15-21(16-32-29)28(38)35-39)17-22-13-23-25(42-22)27(37-9-11-40-12-10-37)34-26(33-23)20-7-8-24(30-14-20)41-18-19-5-3-2-4-6-19/h2-8,13-16,39H,9-12,17-18H2,1H3,(H,35,38). The molecule has 1 saturated heterocycles. The van der Waals surface area contributed by atoms with Crippen LogP contribution in [0.5, 0.6) is 5.88 Å². The number of hydrogen-bond donors (Lipinski definition) is 2. The Labute approximate surface area is 245 Å². The van der Waals surface area contributed by atoms with E-state index < -0.39 is 5.91 Å². The summed E-state index contributed by atoms with van der Waals surface area (Å²) in [7, 11) is 1.87. The molecule has 12 nitrogen and oxygen atoms in total. The van der Waals surface area contributed by atoms with Crippen LogP contribution in [0.25, 0.3) is 21.6 Å². The molecule has 0 spiro atoms. The lowest BCUT2D eigenvalue weighted by Crippen LogP contribution is -2.36. The van der Waals surface area contributed by atoms with Crippen LogP contribution in [0.1, 0.15) is 20.8 Å². The predicted molar refractivity (Wildman–Crippen MR) is 158 cm³/mol. The highest BCUT2D eigenvalue weighted by molar-refractivity contribution is 7.19. The van der Waals surface area contributed by atoms with E-state index in [0.29, 0.717) is 44.0 Å². The molecule has 1 amide bonds. The van der Waals surface area contributed by atoms with Crippen LogP contribution < -0.4 is 20.0 Å². The number of carbonyl (C=O) groups excluding carboxylic acids is 1. The van der Waals surface area contributed by atoms with Gasteiger partial charge in [0.25, 0.3) is 5.91 Å². The first-order valence-corrected chi connectivity index (χ1v) is 14.1. The highest BCUT2D eigenvalue weighted by Gasteiger charge is 2.21. The minimum absolute atomic E-state index is 0.166. The van der Waals surface area contributed by atoms with Crippen LogP contribution in [0.3, 0.4) is 0 Å². The van der Waals surface area contributed by atoms with Crippen molar-refractivity contribution in [3.05, 3.63) is 83.1 Å². The van der Waals surface area contributed by atoms with Crippen molar-refractivity contribution >= 4 is 39.2 Å². The Hall–Kier alpha value is -4.72. The van der Waals surface area contributed by atoms with Crippen molar-refractivity contribution in [3.63, 3.8) is 0 Å². The molecule has 5 aromatic rings. The molecule has 42 heavy (non-hydrogen) atoms. The topological polar surface area (TPSA) is 139 Å². The summed E-state index contributed by atoms with van der Waals surface area (Å²) >= 11 is 1.63. The number of hydrogen-bond acceptors (Lipinski definition) is 12. The van der Waals surface area contributed by atoms with E-state index >= 15 is 0 Å². The van der Waals surface area contributed by atoms with Gasteiger partial charge < -0.3 is 19.3 Å². The van der Waals surface area contributed by atoms with E-state index in [1.54, 1.807) is 23.0 Å². The molecular formula is C29H28N8O4S. The Balaban J connectivity index is 1.26. The van der Waals surface area contributed by atoms with Gasteiger partial charge in [0.15, 0.2) is 11.6 Å². The molecule has 6 rings (SSSR count). The van der Waals surface area contributed by atoms with E-state index in [2.05, 4.69) is 25.9 Å². The van der Waals surface area contributed by atoms with Gasteiger partial charge in [0.05, 0.1) is 35.5 Å². The first kappa shape index (κ1) is 27.4. The monoisotopic (exact) mass is 584 g/mol. The smallest absolute Gasteiger partial charge is 0.277 e. The number of anilines is 2. The zero-order chi connectivity index (χ0) is 28.9. The van der Waals surface area contributed by atoms with Gasteiger partial charge in [-0.3, -0.25) is 10.0 Å². The fourth-order valence-electron chi connectivity index (χ4n) is 4.49. The zero-order valence-electron chi connectivity index (χ0n) is 22.8. The number of nitrogens with zero attached hydrogens (tertiary/aromatic N) is 7. The van der Waals surface area contributed by atoms with Crippen LogP contribution in [-0.2, 0) is 17.9 Å². The molecule has 0 atom stereocenters. The number of rotatable bonds is 9. The van der Waals surface area contributed by atoms with Crippen LogP contribution >= 0.6 is 11.3 Å². The number of morpholine rings is 1. The quantitative estimate of drug-likeness (QED) is 0.194. The normalized spacial score (nSPS) is 13.2. The predicted octanol–water partition coefficient (Wildman–Crippen LogP) is 3.71. The molecule has 214 valence electrons. The van der Waals surface area contributed by atoms with Crippen LogP contribution in [0.15, 0.2) is 67.1 Å². The Bertz CT molecular complexity index is 1660. The number of nitrogens with one attached hydrogen (secondary N) is 1. The van der Waals surface area contributed by atoms with Crippen molar-refractivity contribution in [2.75, 3.05) is 43.2 Å². The summed E-state index contributed by atoms with van der Waals surface area (Å²) in [6.07, 6.45) is 4.48. The Morgan fingerprint density at radius 2 is 1.86 bits per heavy atom. The van der Waals surface area contributed by atoms with Crippen molar-refractivity contribution in [1.29, 1.82) is 0 Å². The SMILES string of the molecule is CN(Cc1cc2nc(-c3ccc(OCc4ccccc4)nc3)nc(N3CCOCC3)c2s1)c1ncc(C(=O)NO)cn1. The second kappa shape index (κ2) is 12.4. The highest BCUT2D eigenvalue weighted by atomic mass is 32.1. The number of thiophene rings is 1. The largest absolute Gasteiger partial charge is 0.473 e. The van der Waals surface area contributed by atoms with Gasteiger partial charge in [-0.1, -0.05) is 30.3 Å². The zero-order valence-corrected chi connectivity index (χ0v) is 23.6. The average molecular weight is 585 g/mol. The average Bonchev–Trinajstić information content (AvgIpc) is 3.46. The number of amides is 1. The molecule has 1 aromatic carbocycles. The van der Waals surface area contributed by atoms with Gasteiger partial charge in [0.1, 0.15) is 6.61 Å². The molecule has 1 aliphatic heterocycles. The van der Waals surface area contributed by atoms with Gasteiger partial charge in [-0.25, -0.2) is 30.4 Å². The third-order valence-electron chi connectivity index (χ3n) is 6.68. The lowest BCUT2D eigenvalue weighted by Gasteiger charge is -2.28. The maximum absolute atomic E-state index is 11.6. The van der Waals surface area contributed by atoms with E-state index in [1.807, 2.05) is 54.4 Å². The fraction of sp³-hybridized carbons (Fsp3) is 0.241.